The van der Waals surface area contributed by atoms with Crippen molar-refractivity contribution in [2.45, 2.75) is 193 Å². The number of nitrogens with zero attached hydrogens (tertiary/aromatic N) is 1. The van der Waals surface area contributed by atoms with Crippen LogP contribution in [0.25, 0.3) is 0 Å². The van der Waals surface area contributed by atoms with Crippen LogP contribution < -0.4 is 31.6 Å². The molecule has 1 aliphatic carbocycles. The van der Waals surface area contributed by atoms with Crippen LogP contribution in [0.2, 0.25) is 36.3 Å². The molecule has 61 heavy (non-hydrogen) atoms. The highest BCUT2D eigenvalue weighted by atomic mass is 31.2. The Labute approximate surface area is 377 Å². The molecule has 334 valence electrons. The van der Waals surface area contributed by atoms with Crippen molar-refractivity contribution >= 4 is 63.9 Å². The lowest BCUT2D eigenvalue weighted by molar-refractivity contribution is 0.355. The summed E-state index contributed by atoms with van der Waals surface area (Å²) in [5, 5.41) is 7.35. The van der Waals surface area contributed by atoms with Gasteiger partial charge >= 0.3 is 0 Å². The molecular weight excluding hydrogens is 819 g/mol. The Morgan fingerprint density at radius 3 is 1.16 bits per heavy atom. The molecule has 1 aliphatic rings. The lowest BCUT2D eigenvalue weighted by atomic mass is 9.96. The zero-order chi connectivity index (χ0) is 43.5. The fraction of sp³-hybridized carbons (Fsp3) is 0.556. The van der Waals surface area contributed by atoms with Gasteiger partial charge in [-0.15, -0.1) is 0 Å². The average molecular weight is 900 g/mol. The third-order valence-corrected chi connectivity index (χ3v) is 30.6. The van der Waals surface area contributed by atoms with Crippen molar-refractivity contribution in [1.29, 1.82) is 0 Å². The van der Waals surface area contributed by atoms with E-state index in [0.29, 0.717) is 10.6 Å². The van der Waals surface area contributed by atoms with Crippen molar-refractivity contribution in [3.05, 3.63) is 109 Å². The monoisotopic (exact) mass is 900 g/mol. The smallest absolute Gasteiger partial charge is 0.132 e. The Bertz CT molecular complexity index is 1700. The normalized spacial score (nSPS) is 14.1. The molecule has 7 heteroatoms. The van der Waals surface area contributed by atoms with Crippen LogP contribution in [0.4, 0.5) is 8.78 Å². The molecule has 0 N–H and O–H groups in total. The Kier molecular flexibility index (Phi) is 21.4. The number of halogens is 2. The first-order chi connectivity index (χ1) is 29.8. The zero-order valence-electron chi connectivity index (χ0n) is 39.2. The molecular formula is C54H81F2NP2Si2. The molecule has 0 heterocycles. The van der Waals surface area contributed by atoms with Crippen LogP contribution in [-0.2, 0) is 0 Å². The summed E-state index contributed by atoms with van der Waals surface area (Å²) in [6, 6.07) is 43.1. The second-order valence-electron chi connectivity index (χ2n) is 18.4. The summed E-state index contributed by atoms with van der Waals surface area (Å²) in [5.74, 6) is -0.435. The van der Waals surface area contributed by atoms with Gasteiger partial charge in [-0.25, -0.2) is 13.2 Å². The molecule has 0 amide bonds. The number of rotatable bonds is 27. The van der Waals surface area contributed by atoms with E-state index in [1.165, 1.54) is 130 Å². The number of unbranched alkanes of at least 4 members (excludes halogenated alkanes) is 6. The van der Waals surface area contributed by atoms with Gasteiger partial charge in [0.15, 0.2) is 0 Å². The van der Waals surface area contributed by atoms with Crippen molar-refractivity contribution in [3.63, 3.8) is 0 Å². The Morgan fingerprint density at radius 2 is 0.820 bits per heavy atom. The lowest BCUT2D eigenvalue weighted by Crippen LogP contribution is -2.50. The Morgan fingerprint density at radius 1 is 0.459 bits per heavy atom. The first-order valence-corrected chi connectivity index (χ1v) is 32.7. The standard InChI is InChI=1S/C54H81F2NP2Si2/c1-7-13-38-60(39-14-8-2,40-15-9-3)49-32-26-30-47(44-49)58(48-31-27-33-50(45-48)61(41-16-10-4,42-17-11-5)43-18-12-6)57(46-28-20-19-21-29-46)59(53-36-24-22-34-51(53)55)54-37-25-23-35-52(54)56/h22-27,30-37,44-46H,7-21,28-29,38-43H2,1-6H3. The van der Waals surface area contributed by atoms with Gasteiger partial charge in [-0.05, 0) is 47.7 Å². The van der Waals surface area contributed by atoms with E-state index in [1.54, 1.807) is 34.6 Å². The second kappa shape index (κ2) is 26.1. The van der Waals surface area contributed by atoms with Gasteiger partial charge in [-0.2, -0.15) is 0 Å². The first kappa shape index (κ1) is 50.0. The van der Waals surface area contributed by atoms with E-state index in [1.807, 2.05) is 24.3 Å². The highest BCUT2D eigenvalue weighted by Gasteiger charge is 2.42. The highest BCUT2D eigenvalue weighted by Crippen LogP contribution is 2.58. The summed E-state index contributed by atoms with van der Waals surface area (Å²) in [6.45, 7) is 14.2. The quantitative estimate of drug-likeness (QED) is 0.0426. The summed E-state index contributed by atoms with van der Waals surface area (Å²) < 4.78 is 36.2. The van der Waals surface area contributed by atoms with E-state index in [0.717, 1.165) is 25.7 Å². The minimum atomic E-state index is -1.86. The Balaban J connectivity index is 1.87. The van der Waals surface area contributed by atoms with Crippen LogP contribution in [0, 0.1) is 11.6 Å². The number of benzene rings is 4. The van der Waals surface area contributed by atoms with Gasteiger partial charge in [0.2, 0.25) is 0 Å². The van der Waals surface area contributed by atoms with Gasteiger partial charge in [-0.3, -0.25) is 0 Å². The van der Waals surface area contributed by atoms with Crippen molar-refractivity contribution < 1.29 is 8.78 Å². The van der Waals surface area contributed by atoms with Crippen LogP contribution in [0.5, 0.6) is 0 Å². The van der Waals surface area contributed by atoms with E-state index in [-0.39, 0.29) is 17.7 Å². The molecule has 0 aromatic heterocycles. The minimum absolute atomic E-state index is 0.217. The topological polar surface area (TPSA) is 3.24 Å². The van der Waals surface area contributed by atoms with Crippen molar-refractivity contribution in [3.8, 4) is 0 Å². The van der Waals surface area contributed by atoms with Gasteiger partial charge in [0.25, 0.3) is 0 Å². The Hall–Kier alpha value is -2.01. The molecule has 0 saturated heterocycles. The predicted molar refractivity (Wildman–Crippen MR) is 276 cm³/mol. The highest BCUT2D eigenvalue weighted by molar-refractivity contribution is 7.84. The molecule has 5 rings (SSSR count). The fourth-order valence-corrected chi connectivity index (χ4v) is 28.3. The maximum Gasteiger partial charge on any atom is 0.132 e. The van der Waals surface area contributed by atoms with Crippen LogP contribution in [0.15, 0.2) is 97.1 Å². The van der Waals surface area contributed by atoms with Crippen LogP contribution in [0.1, 0.15) is 151 Å². The van der Waals surface area contributed by atoms with Crippen LogP contribution in [0.3, 0.4) is 0 Å². The molecule has 0 bridgehead atoms. The molecule has 0 spiro atoms. The third-order valence-electron chi connectivity index (χ3n) is 13.9. The molecule has 1 nitrogen and oxygen atoms in total. The largest absolute Gasteiger partial charge is 0.241 e. The molecule has 1 fully saturated rings. The molecule has 0 atom stereocenters. The summed E-state index contributed by atoms with van der Waals surface area (Å²) in [7, 11) is -6.46. The van der Waals surface area contributed by atoms with E-state index in [9.17, 15) is 0 Å². The second-order valence-corrected chi connectivity index (χ2v) is 32.1. The van der Waals surface area contributed by atoms with Crippen LogP contribution >= 0.6 is 16.1 Å². The summed E-state index contributed by atoms with van der Waals surface area (Å²) in [5.41, 5.74) is 0. The molecule has 0 aliphatic heterocycles. The summed E-state index contributed by atoms with van der Waals surface area (Å²) in [6.07, 6.45) is 20.8. The van der Waals surface area contributed by atoms with Crippen LogP contribution in [-0.4, -0.2) is 26.6 Å². The molecule has 4 aromatic rings. The van der Waals surface area contributed by atoms with Crippen molar-refractivity contribution in [1.82, 2.24) is 4.44 Å². The average Bonchev–Trinajstić information content (AvgIpc) is 3.30. The van der Waals surface area contributed by atoms with Gasteiger partial charge in [0.1, 0.15) is 11.6 Å². The maximum absolute atomic E-state index is 16.7. The van der Waals surface area contributed by atoms with Gasteiger partial charge in [0.05, 0.1) is 16.1 Å². The van der Waals surface area contributed by atoms with E-state index in [4.69, 9.17) is 0 Å². The predicted octanol–water partition coefficient (Wildman–Crippen LogP) is 15.1. The summed E-state index contributed by atoms with van der Waals surface area (Å²) >= 11 is 0. The number of hydrogen-bond acceptors (Lipinski definition) is 1. The van der Waals surface area contributed by atoms with Crippen molar-refractivity contribution in [2.75, 3.05) is 0 Å². The van der Waals surface area contributed by atoms with Crippen molar-refractivity contribution in [2.24, 2.45) is 0 Å². The van der Waals surface area contributed by atoms with Gasteiger partial charge in [-0.1, -0.05) is 257 Å². The SMILES string of the molecule is CCCC[Si](CCCC)(CCCC)c1cccc(P(c2cccc([Si](CCCC)(CCCC)CCCC)c2)N(C2CCCCC2)P(c2ccccc2F)c2ccccc2F)c1. The summed E-state index contributed by atoms with van der Waals surface area (Å²) in [4.78, 5) is 0. The fourth-order valence-electron chi connectivity index (χ4n) is 10.4. The number of hydrogen-bond donors (Lipinski definition) is 0. The van der Waals surface area contributed by atoms with E-state index < -0.39 is 32.3 Å². The minimum Gasteiger partial charge on any atom is -0.241 e. The van der Waals surface area contributed by atoms with Gasteiger partial charge < -0.3 is 0 Å². The van der Waals surface area contributed by atoms with Gasteiger partial charge in [0, 0.05) is 32.8 Å². The molecule has 1 saturated carbocycles. The molecule has 0 radical (unpaired) electrons. The maximum atomic E-state index is 16.7. The molecule has 0 unspecified atom stereocenters. The van der Waals surface area contributed by atoms with E-state index >= 15 is 8.78 Å². The first-order valence-electron chi connectivity index (χ1n) is 24.9. The zero-order valence-corrected chi connectivity index (χ0v) is 43.0. The third kappa shape index (κ3) is 13.1. The lowest BCUT2D eigenvalue weighted by Gasteiger charge is -2.46. The van der Waals surface area contributed by atoms with E-state index in [2.05, 4.69) is 94.5 Å². The molecule has 4 aromatic carbocycles.